The maximum Gasteiger partial charge on any atom is 0.123 e. The number of hydrogen-bond donors (Lipinski definition) is 2. The molecule has 0 amide bonds. The molecule has 0 saturated heterocycles. The van der Waals surface area contributed by atoms with Crippen molar-refractivity contribution in [2.75, 3.05) is 20.7 Å². The maximum atomic E-state index is 5.67. The molecule has 0 spiro atoms. The summed E-state index contributed by atoms with van der Waals surface area (Å²) < 4.78 is 5.67. The van der Waals surface area contributed by atoms with Gasteiger partial charge in [0.1, 0.15) is 5.75 Å². The van der Waals surface area contributed by atoms with Gasteiger partial charge in [0.2, 0.25) is 0 Å². The lowest BCUT2D eigenvalue weighted by atomic mass is 9.87. The molecule has 0 radical (unpaired) electrons. The van der Waals surface area contributed by atoms with E-state index in [0.717, 1.165) is 24.2 Å². The van der Waals surface area contributed by atoms with E-state index in [1.165, 1.54) is 16.5 Å². The van der Waals surface area contributed by atoms with Crippen molar-refractivity contribution in [3.8, 4) is 5.75 Å². The third-order valence-corrected chi connectivity index (χ3v) is 4.16. The summed E-state index contributed by atoms with van der Waals surface area (Å²) in [5, 5.41) is 4.44. The molecule has 1 atom stereocenters. The van der Waals surface area contributed by atoms with Crippen molar-refractivity contribution < 1.29 is 4.74 Å². The molecular weight excluding hydrogens is 272 g/mol. The first-order valence-electron chi connectivity index (χ1n) is 7.68. The minimum Gasteiger partial charge on any atom is -0.496 e. The number of fused-ring (bicyclic) bond motifs is 1. The highest BCUT2D eigenvalue weighted by Crippen LogP contribution is 2.36. The molecule has 3 nitrogen and oxygen atoms in total. The third-order valence-electron chi connectivity index (χ3n) is 4.16. The van der Waals surface area contributed by atoms with Gasteiger partial charge in [0.25, 0.3) is 0 Å². The van der Waals surface area contributed by atoms with E-state index in [2.05, 4.69) is 58.8 Å². The average Bonchev–Trinajstić information content (AvgIpc) is 3.02. The molecule has 2 N–H and O–H groups in total. The minimum absolute atomic E-state index is 0.316. The summed E-state index contributed by atoms with van der Waals surface area (Å²) in [4.78, 5) is 3.30. The maximum absolute atomic E-state index is 5.67. The SMILES string of the molecule is CNCCC(c1ccccc1)c1cc2[nH]ccc2cc1OC. The number of rotatable bonds is 6. The Bertz CT molecular complexity index is 734. The van der Waals surface area contributed by atoms with E-state index in [9.17, 15) is 0 Å². The molecule has 0 aliphatic carbocycles. The van der Waals surface area contributed by atoms with Crippen LogP contribution in [0.5, 0.6) is 5.75 Å². The number of ether oxygens (including phenoxy) is 1. The van der Waals surface area contributed by atoms with Crippen LogP contribution in [0.4, 0.5) is 0 Å². The van der Waals surface area contributed by atoms with Crippen molar-refractivity contribution in [2.24, 2.45) is 0 Å². The first-order valence-corrected chi connectivity index (χ1v) is 7.68. The van der Waals surface area contributed by atoms with Gasteiger partial charge in [-0.2, -0.15) is 0 Å². The molecule has 0 saturated carbocycles. The predicted molar refractivity (Wildman–Crippen MR) is 91.7 cm³/mol. The lowest BCUT2D eigenvalue weighted by Gasteiger charge is -2.21. The van der Waals surface area contributed by atoms with Gasteiger partial charge in [-0.25, -0.2) is 0 Å². The van der Waals surface area contributed by atoms with Gasteiger partial charge in [0.05, 0.1) is 7.11 Å². The smallest absolute Gasteiger partial charge is 0.123 e. The van der Waals surface area contributed by atoms with Gasteiger partial charge < -0.3 is 15.0 Å². The van der Waals surface area contributed by atoms with E-state index in [1.807, 2.05) is 13.2 Å². The molecule has 1 aromatic heterocycles. The lowest BCUT2D eigenvalue weighted by molar-refractivity contribution is 0.407. The Morgan fingerprint density at radius 3 is 2.68 bits per heavy atom. The van der Waals surface area contributed by atoms with Crippen LogP contribution >= 0.6 is 0 Å². The summed E-state index contributed by atoms with van der Waals surface area (Å²) in [6, 6.07) is 17.1. The number of hydrogen-bond acceptors (Lipinski definition) is 2. The van der Waals surface area contributed by atoms with Crippen molar-refractivity contribution in [3.63, 3.8) is 0 Å². The highest BCUT2D eigenvalue weighted by Gasteiger charge is 2.19. The Morgan fingerprint density at radius 2 is 1.95 bits per heavy atom. The fourth-order valence-electron chi connectivity index (χ4n) is 3.02. The first kappa shape index (κ1) is 14.7. The summed E-state index contributed by atoms with van der Waals surface area (Å²) in [7, 11) is 3.74. The zero-order valence-corrected chi connectivity index (χ0v) is 13.1. The fourth-order valence-corrected chi connectivity index (χ4v) is 3.02. The number of aromatic amines is 1. The van der Waals surface area contributed by atoms with Gasteiger partial charge in [-0.1, -0.05) is 30.3 Å². The summed E-state index contributed by atoms with van der Waals surface area (Å²) in [5.41, 5.74) is 3.71. The van der Waals surface area contributed by atoms with Gasteiger partial charge in [-0.05, 0) is 43.8 Å². The zero-order chi connectivity index (χ0) is 15.4. The molecule has 0 fully saturated rings. The zero-order valence-electron chi connectivity index (χ0n) is 13.1. The van der Waals surface area contributed by atoms with Crippen molar-refractivity contribution in [1.29, 1.82) is 0 Å². The fraction of sp³-hybridized carbons (Fsp3) is 0.263. The molecule has 0 aliphatic rings. The normalized spacial score (nSPS) is 12.5. The van der Waals surface area contributed by atoms with Gasteiger partial charge in [-0.15, -0.1) is 0 Å². The number of H-pyrrole nitrogens is 1. The second-order valence-electron chi connectivity index (χ2n) is 5.51. The Balaban J connectivity index is 2.09. The Morgan fingerprint density at radius 1 is 1.14 bits per heavy atom. The largest absolute Gasteiger partial charge is 0.496 e. The number of aromatic nitrogens is 1. The molecule has 3 heteroatoms. The van der Waals surface area contributed by atoms with Crippen molar-refractivity contribution in [2.45, 2.75) is 12.3 Å². The monoisotopic (exact) mass is 294 g/mol. The Labute approximate surface area is 131 Å². The topological polar surface area (TPSA) is 37.0 Å². The van der Waals surface area contributed by atoms with Crippen molar-refractivity contribution >= 4 is 10.9 Å². The van der Waals surface area contributed by atoms with Crippen LogP contribution in [0.3, 0.4) is 0 Å². The van der Waals surface area contributed by atoms with Gasteiger partial charge in [-0.3, -0.25) is 0 Å². The van der Waals surface area contributed by atoms with Crippen LogP contribution in [0.15, 0.2) is 54.7 Å². The first-order chi connectivity index (χ1) is 10.8. The third kappa shape index (κ3) is 2.85. The van der Waals surface area contributed by atoms with E-state index in [4.69, 9.17) is 4.74 Å². The lowest BCUT2D eigenvalue weighted by Crippen LogP contribution is -2.13. The van der Waals surface area contributed by atoms with E-state index in [-0.39, 0.29) is 0 Å². The van der Waals surface area contributed by atoms with Crippen LogP contribution in [-0.4, -0.2) is 25.7 Å². The average molecular weight is 294 g/mol. The Hall–Kier alpha value is -2.26. The van der Waals surface area contributed by atoms with Crippen LogP contribution < -0.4 is 10.1 Å². The summed E-state index contributed by atoms with van der Waals surface area (Å²) in [6.45, 7) is 0.964. The number of nitrogens with one attached hydrogen (secondary N) is 2. The minimum atomic E-state index is 0.316. The molecule has 114 valence electrons. The van der Waals surface area contributed by atoms with Crippen LogP contribution in [0, 0.1) is 0 Å². The van der Waals surface area contributed by atoms with E-state index >= 15 is 0 Å². The Kier molecular flexibility index (Phi) is 4.45. The molecule has 1 unspecified atom stereocenters. The quantitative estimate of drug-likeness (QED) is 0.723. The second-order valence-corrected chi connectivity index (χ2v) is 5.51. The molecule has 3 aromatic rings. The van der Waals surface area contributed by atoms with Crippen LogP contribution in [0.2, 0.25) is 0 Å². The molecule has 1 heterocycles. The second kappa shape index (κ2) is 6.67. The summed E-state index contributed by atoms with van der Waals surface area (Å²) in [5.74, 6) is 1.27. The van der Waals surface area contributed by atoms with Crippen molar-refractivity contribution in [3.05, 3.63) is 65.9 Å². The standard InChI is InChI=1S/C19H22N2O/c1-20-10-9-16(14-6-4-3-5-7-14)17-13-18-15(8-11-21-18)12-19(17)22-2/h3-8,11-13,16,20-21H,9-10H2,1-2H3. The summed E-state index contributed by atoms with van der Waals surface area (Å²) in [6.07, 6.45) is 3.00. The number of benzene rings is 2. The molecule has 0 bridgehead atoms. The molecule has 22 heavy (non-hydrogen) atoms. The highest BCUT2D eigenvalue weighted by atomic mass is 16.5. The van der Waals surface area contributed by atoms with Crippen LogP contribution in [0.25, 0.3) is 10.9 Å². The molecule has 0 aliphatic heterocycles. The van der Waals surface area contributed by atoms with Crippen LogP contribution in [0.1, 0.15) is 23.5 Å². The van der Waals surface area contributed by atoms with E-state index in [0.29, 0.717) is 5.92 Å². The van der Waals surface area contributed by atoms with Crippen molar-refractivity contribution in [1.82, 2.24) is 10.3 Å². The number of methoxy groups -OCH3 is 1. The van der Waals surface area contributed by atoms with E-state index < -0.39 is 0 Å². The van der Waals surface area contributed by atoms with Gasteiger partial charge in [0, 0.05) is 28.6 Å². The highest BCUT2D eigenvalue weighted by molar-refractivity contribution is 5.82. The van der Waals surface area contributed by atoms with Gasteiger partial charge >= 0.3 is 0 Å². The molecule has 3 rings (SSSR count). The molecule has 2 aromatic carbocycles. The van der Waals surface area contributed by atoms with E-state index in [1.54, 1.807) is 7.11 Å². The van der Waals surface area contributed by atoms with Gasteiger partial charge in [0.15, 0.2) is 0 Å². The predicted octanol–water partition coefficient (Wildman–Crippen LogP) is 3.92. The molecular formula is C19H22N2O. The summed E-state index contributed by atoms with van der Waals surface area (Å²) >= 11 is 0. The van der Waals surface area contributed by atoms with Crippen LogP contribution in [-0.2, 0) is 0 Å².